The molecule has 8 aromatic carbocycles. The molecule has 0 spiro atoms. The van der Waals surface area contributed by atoms with Crippen LogP contribution in [0.5, 0.6) is 11.5 Å². The molecule has 0 saturated heterocycles. The van der Waals surface area contributed by atoms with Crippen LogP contribution in [0.1, 0.15) is 105 Å². The van der Waals surface area contributed by atoms with Crippen molar-refractivity contribution in [3.63, 3.8) is 0 Å². The Balaban J connectivity index is 0.00000631. The molecule has 0 aliphatic carbocycles. The Morgan fingerprint density at radius 1 is 0.442 bits per heavy atom. The Labute approximate surface area is 469 Å². The van der Waals surface area contributed by atoms with Gasteiger partial charge >= 0.3 is 0 Å². The second-order valence-corrected chi connectivity index (χ2v) is 24.8. The minimum absolute atomic E-state index is 0. The van der Waals surface area contributed by atoms with Crippen molar-refractivity contribution < 1.29 is 25.8 Å². The van der Waals surface area contributed by atoms with E-state index in [-0.39, 0.29) is 42.7 Å². The van der Waals surface area contributed by atoms with E-state index in [1.807, 2.05) is 12.3 Å². The Morgan fingerprint density at radius 2 is 1.01 bits per heavy atom. The van der Waals surface area contributed by atoms with Gasteiger partial charge in [-0.3, -0.25) is 0 Å². The largest absolute Gasteiger partial charge is 0.509 e. The number of anilines is 4. The van der Waals surface area contributed by atoms with Crippen LogP contribution in [-0.4, -0.2) is 14.1 Å². The Kier molecular flexibility index (Phi) is 12.7. The fourth-order valence-corrected chi connectivity index (χ4v) is 11.0. The van der Waals surface area contributed by atoms with Crippen molar-refractivity contribution in [2.24, 2.45) is 0 Å². The van der Waals surface area contributed by atoms with Gasteiger partial charge < -0.3 is 23.7 Å². The summed E-state index contributed by atoms with van der Waals surface area (Å²) in [5.74, 6) is 2.01. The molecule has 1 aliphatic rings. The third-order valence-corrected chi connectivity index (χ3v) is 15.2. The summed E-state index contributed by atoms with van der Waals surface area (Å²) in [7, 11) is 0. The predicted molar refractivity (Wildman–Crippen MR) is 318 cm³/mol. The zero-order valence-corrected chi connectivity index (χ0v) is 48.6. The first-order valence-corrected chi connectivity index (χ1v) is 26.7. The van der Waals surface area contributed by atoms with Crippen molar-refractivity contribution in [2.45, 2.75) is 105 Å². The van der Waals surface area contributed by atoms with Crippen LogP contribution in [0.2, 0.25) is 0 Å². The van der Waals surface area contributed by atoms with Crippen LogP contribution in [0.4, 0.5) is 22.7 Å². The summed E-state index contributed by atoms with van der Waals surface area (Å²) < 4.78 is 11.6. The van der Waals surface area contributed by atoms with Gasteiger partial charge in [0.25, 0.3) is 0 Å². The van der Waals surface area contributed by atoms with Crippen LogP contribution in [0.3, 0.4) is 0 Å². The van der Waals surface area contributed by atoms with E-state index in [1.165, 1.54) is 38.8 Å². The Hall–Kier alpha value is -7.40. The monoisotopic (exact) mass is 1190 g/mol. The predicted octanol–water partition coefficient (Wildman–Crippen LogP) is 18.9. The SMILES string of the molecule is CC(C)(C)c1cccc(-c2cccc(-c3cc(C(C)(C)C)cc(C(C)(C)C)c3)c2N2[CH-]N(c3[c-]c(Oc4[c-]c5c6c7c(cccc7n(-c7ccccc7)c6c4)n5-c4cc(C(C)(C)C)ccn4)ccc3)c3ccccc32)c1.[Pt]. The number of aromatic nitrogens is 3. The van der Waals surface area contributed by atoms with Gasteiger partial charge in [0.1, 0.15) is 5.82 Å². The maximum absolute atomic E-state index is 7.01. The molecule has 7 heteroatoms. The van der Waals surface area contributed by atoms with Crippen LogP contribution in [0.25, 0.3) is 66.6 Å². The maximum atomic E-state index is 7.01. The quantitative estimate of drug-likeness (QED) is 0.142. The molecule has 0 unspecified atom stereocenters. The molecule has 11 aromatic rings. The minimum atomic E-state index is -0.0605. The van der Waals surface area contributed by atoms with Crippen LogP contribution in [0.15, 0.2) is 176 Å². The summed E-state index contributed by atoms with van der Waals surface area (Å²) in [5.41, 5.74) is 18.9. The van der Waals surface area contributed by atoms with E-state index in [0.717, 1.165) is 72.8 Å². The number of fused-ring (bicyclic) bond motifs is 1. The van der Waals surface area contributed by atoms with Crippen LogP contribution in [-0.2, 0) is 42.7 Å². The number of rotatable bonds is 8. The first-order valence-electron chi connectivity index (χ1n) is 26.7. The number of hydrogen-bond donors (Lipinski definition) is 0. The first-order chi connectivity index (χ1) is 36.2. The van der Waals surface area contributed by atoms with E-state index in [0.29, 0.717) is 11.5 Å². The second-order valence-electron chi connectivity index (χ2n) is 24.8. The fraction of sp³-hybridized carbons (Fsp3) is 0.229. The minimum Gasteiger partial charge on any atom is -0.509 e. The fourth-order valence-electron chi connectivity index (χ4n) is 11.0. The van der Waals surface area contributed by atoms with Crippen LogP contribution >= 0.6 is 0 Å². The summed E-state index contributed by atoms with van der Waals surface area (Å²) in [6.07, 6.45) is 1.92. The molecule has 77 heavy (non-hydrogen) atoms. The van der Waals surface area contributed by atoms with Crippen molar-refractivity contribution in [1.82, 2.24) is 14.1 Å². The third-order valence-electron chi connectivity index (χ3n) is 15.2. The molecule has 0 fully saturated rings. The summed E-state index contributed by atoms with van der Waals surface area (Å²) >= 11 is 0. The number of benzene rings is 8. The van der Waals surface area contributed by atoms with Crippen molar-refractivity contribution >= 4 is 55.6 Å². The standard InChI is InChI=1S/C70H66N5O.Pt/c1-67(2,3)47-23-18-22-45(36-47)55-28-20-29-56(46-37-49(69(7,8)9)39-50(38-46)70(10,11)12)66(55)73-44-72(57-30-16-17-31-58(57)73)52-26-19-27-53(41-52)76-54-42-61-65-62(43-54)75(63-40-48(34-35-71-63)68(4,5)6)60-33-21-32-59(64(60)65)74(61)51-24-14-13-15-25-51;/h13-40,42,44H,1-12H3;/q-3;. The molecule has 12 rings (SSSR count). The first kappa shape index (κ1) is 51.7. The molecule has 390 valence electrons. The van der Waals surface area contributed by atoms with E-state index in [4.69, 9.17) is 9.72 Å². The van der Waals surface area contributed by atoms with Gasteiger partial charge in [0.2, 0.25) is 0 Å². The third kappa shape index (κ3) is 9.23. The number of ether oxygens (including phenoxy) is 1. The topological polar surface area (TPSA) is 38.5 Å². The molecule has 6 nitrogen and oxygen atoms in total. The van der Waals surface area contributed by atoms with Gasteiger partial charge in [-0.2, -0.15) is 6.07 Å². The summed E-state index contributed by atoms with van der Waals surface area (Å²) in [6.45, 7) is 29.7. The number of pyridine rings is 1. The van der Waals surface area contributed by atoms with Gasteiger partial charge in [-0.15, -0.1) is 42.7 Å². The Bertz CT molecular complexity index is 3970. The molecule has 0 radical (unpaired) electrons. The van der Waals surface area contributed by atoms with E-state index in [1.54, 1.807) is 0 Å². The average Bonchev–Trinajstić information content (AvgIpc) is 4.20. The van der Waals surface area contributed by atoms with Crippen molar-refractivity contribution in [3.05, 3.63) is 217 Å². The van der Waals surface area contributed by atoms with Gasteiger partial charge in [0.15, 0.2) is 0 Å². The average molecular weight is 1190 g/mol. The van der Waals surface area contributed by atoms with Crippen LogP contribution in [0, 0.1) is 18.8 Å². The van der Waals surface area contributed by atoms with Crippen molar-refractivity contribution in [1.29, 1.82) is 0 Å². The summed E-state index contributed by atoms with van der Waals surface area (Å²) in [5, 5.41) is 2.29. The molecule has 0 bridgehead atoms. The Morgan fingerprint density at radius 3 is 1.69 bits per heavy atom. The molecule has 4 heterocycles. The summed E-state index contributed by atoms with van der Waals surface area (Å²) in [4.78, 5) is 9.63. The van der Waals surface area contributed by atoms with Gasteiger partial charge in [0, 0.05) is 83.7 Å². The maximum Gasteiger partial charge on any atom is 0.135 e. The zero-order chi connectivity index (χ0) is 53.1. The molecule has 0 amide bonds. The molecular weight excluding hydrogens is 1120 g/mol. The van der Waals surface area contributed by atoms with Gasteiger partial charge in [-0.25, -0.2) is 4.98 Å². The van der Waals surface area contributed by atoms with Gasteiger partial charge in [-0.1, -0.05) is 191 Å². The van der Waals surface area contributed by atoms with E-state index < -0.39 is 0 Å². The van der Waals surface area contributed by atoms with Gasteiger partial charge in [0.05, 0.1) is 0 Å². The molecule has 0 N–H and O–H groups in total. The van der Waals surface area contributed by atoms with Crippen molar-refractivity contribution in [2.75, 3.05) is 9.80 Å². The van der Waals surface area contributed by atoms with Crippen molar-refractivity contribution in [3.8, 4) is 45.3 Å². The molecule has 0 atom stereocenters. The molecule has 0 saturated carbocycles. The number of hydrogen-bond acceptors (Lipinski definition) is 4. The van der Waals surface area contributed by atoms with E-state index in [9.17, 15) is 0 Å². The smallest absolute Gasteiger partial charge is 0.135 e. The summed E-state index contributed by atoms with van der Waals surface area (Å²) in [6, 6.07) is 69.1. The second kappa shape index (κ2) is 19.0. The van der Waals surface area contributed by atoms with Gasteiger partial charge in [-0.05, 0) is 114 Å². The molecule has 1 aliphatic heterocycles. The normalized spacial score (nSPS) is 13.2. The molecule has 3 aromatic heterocycles. The van der Waals surface area contributed by atoms with E-state index >= 15 is 0 Å². The number of para-hydroxylation sites is 4. The van der Waals surface area contributed by atoms with Crippen LogP contribution < -0.4 is 14.5 Å². The van der Waals surface area contributed by atoms with E-state index in [2.05, 4.69) is 285 Å². The zero-order valence-electron chi connectivity index (χ0n) is 46.3. The molecular formula is C70H66N5OPt-3. The number of nitrogens with zero attached hydrogens (tertiary/aromatic N) is 5.